The lowest BCUT2D eigenvalue weighted by atomic mass is 10.1. The molecule has 0 saturated carbocycles. The molecule has 1 aromatic carbocycles. The van der Waals surface area contributed by atoms with E-state index in [1.54, 1.807) is 7.11 Å². The topological polar surface area (TPSA) is 50.8 Å². The second-order valence-electron chi connectivity index (χ2n) is 4.92. The number of nitrogens with one attached hydrogen (secondary N) is 1. The van der Waals surface area contributed by atoms with E-state index in [4.69, 9.17) is 9.47 Å². The first kappa shape index (κ1) is 17.8. The fourth-order valence-corrected chi connectivity index (χ4v) is 2.25. The first-order valence-electron chi connectivity index (χ1n) is 6.96. The number of halogens is 1. The molecule has 1 heterocycles. The minimum atomic E-state index is 0. The third-order valence-corrected chi connectivity index (χ3v) is 3.42. The average molecular weight is 315 g/mol. The summed E-state index contributed by atoms with van der Waals surface area (Å²) in [7, 11) is 1.64. The van der Waals surface area contributed by atoms with Crippen molar-refractivity contribution in [2.24, 2.45) is 0 Å². The monoisotopic (exact) mass is 314 g/mol. The van der Waals surface area contributed by atoms with Crippen LogP contribution in [0, 0.1) is 0 Å². The summed E-state index contributed by atoms with van der Waals surface area (Å²) in [6, 6.07) is 7.53. The van der Waals surface area contributed by atoms with E-state index in [1.807, 2.05) is 29.2 Å². The van der Waals surface area contributed by atoms with E-state index >= 15 is 0 Å². The standard InChI is InChI=1S/C15H22N2O3.ClH/c1-12-11-16-7-8-17(12)15(18)13-3-5-14(6-4-13)20-10-9-19-2;/h3-6,12,16H,7-11H2,1-2H3;1H/t12-;/m0./s1. The van der Waals surface area contributed by atoms with Crippen LogP contribution in [0.1, 0.15) is 17.3 Å². The van der Waals surface area contributed by atoms with Crippen LogP contribution >= 0.6 is 12.4 Å². The van der Waals surface area contributed by atoms with Gasteiger partial charge in [0.15, 0.2) is 0 Å². The smallest absolute Gasteiger partial charge is 0.254 e. The third kappa shape index (κ3) is 4.88. The summed E-state index contributed by atoms with van der Waals surface area (Å²) in [6.45, 7) is 5.59. The predicted molar refractivity (Wildman–Crippen MR) is 84.4 cm³/mol. The Morgan fingerprint density at radius 2 is 2.05 bits per heavy atom. The average Bonchev–Trinajstić information content (AvgIpc) is 2.48. The van der Waals surface area contributed by atoms with Crippen LogP contribution in [0.4, 0.5) is 0 Å². The van der Waals surface area contributed by atoms with Gasteiger partial charge in [0, 0.05) is 38.3 Å². The number of rotatable bonds is 5. The number of benzene rings is 1. The van der Waals surface area contributed by atoms with Crippen LogP contribution in [0.3, 0.4) is 0 Å². The van der Waals surface area contributed by atoms with Crippen LogP contribution in [0.25, 0.3) is 0 Å². The maximum atomic E-state index is 12.4. The van der Waals surface area contributed by atoms with E-state index in [1.165, 1.54) is 0 Å². The molecule has 1 saturated heterocycles. The summed E-state index contributed by atoms with van der Waals surface area (Å²) in [5.74, 6) is 0.842. The van der Waals surface area contributed by atoms with E-state index in [0.29, 0.717) is 18.8 Å². The molecule has 0 spiro atoms. The molecule has 2 rings (SSSR count). The number of hydrogen-bond acceptors (Lipinski definition) is 4. The molecular weight excluding hydrogens is 292 g/mol. The number of methoxy groups -OCH3 is 1. The quantitative estimate of drug-likeness (QED) is 0.838. The predicted octanol–water partition coefficient (Wildman–Crippen LogP) is 1.57. The number of ether oxygens (including phenoxy) is 2. The molecular formula is C15H23ClN2O3. The number of hydrogen-bond donors (Lipinski definition) is 1. The van der Waals surface area contributed by atoms with Crippen molar-refractivity contribution in [2.45, 2.75) is 13.0 Å². The summed E-state index contributed by atoms with van der Waals surface area (Å²) in [5.41, 5.74) is 0.706. The first-order valence-corrected chi connectivity index (χ1v) is 6.96. The van der Waals surface area contributed by atoms with Crippen molar-refractivity contribution < 1.29 is 14.3 Å². The Morgan fingerprint density at radius 1 is 1.33 bits per heavy atom. The van der Waals surface area contributed by atoms with Gasteiger partial charge < -0.3 is 19.7 Å². The van der Waals surface area contributed by atoms with Gasteiger partial charge in [-0.2, -0.15) is 0 Å². The molecule has 1 aliphatic heterocycles. The molecule has 6 heteroatoms. The molecule has 1 N–H and O–H groups in total. The molecule has 0 radical (unpaired) electrons. The van der Waals surface area contributed by atoms with Crippen molar-refractivity contribution >= 4 is 18.3 Å². The fraction of sp³-hybridized carbons (Fsp3) is 0.533. The zero-order valence-corrected chi connectivity index (χ0v) is 13.3. The molecule has 0 aromatic heterocycles. The van der Waals surface area contributed by atoms with Gasteiger partial charge in [0.25, 0.3) is 5.91 Å². The lowest BCUT2D eigenvalue weighted by molar-refractivity contribution is 0.0655. The zero-order valence-electron chi connectivity index (χ0n) is 12.5. The molecule has 1 aliphatic rings. The molecule has 0 unspecified atom stereocenters. The van der Waals surface area contributed by atoms with Crippen LogP contribution in [-0.2, 0) is 4.74 Å². The summed E-state index contributed by atoms with van der Waals surface area (Å²) in [6.07, 6.45) is 0. The molecule has 118 valence electrons. The van der Waals surface area contributed by atoms with Crippen LogP contribution < -0.4 is 10.1 Å². The molecule has 1 aromatic rings. The molecule has 1 fully saturated rings. The first-order chi connectivity index (χ1) is 9.72. The molecule has 5 nitrogen and oxygen atoms in total. The Bertz CT molecular complexity index is 439. The van der Waals surface area contributed by atoms with Crippen molar-refractivity contribution in [3.63, 3.8) is 0 Å². The number of nitrogens with zero attached hydrogens (tertiary/aromatic N) is 1. The molecule has 21 heavy (non-hydrogen) atoms. The second-order valence-corrected chi connectivity index (χ2v) is 4.92. The van der Waals surface area contributed by atoms with E-state index in [2.05, 4.69) is 12.2 Å². The maximum absolute atomic E-state index is 12.4. The van der Waals surface area contributed by atoms with Crippen LogP contribution in [0.15, 0.2) is 24.3 Å². The largest absolute Gasteiger partial charge is 0.491 e. The van der Waals surface area contributed by atoms with Gasteiger partial charge in [-0.1, -0.05) is 0 Å². The molecule has 1 atom stereocenters. The lowest BCUT2D eigenvalue weighted by Crippen LogP contribution is -2.52. The highest BCUT2D eigenvalue weighted by Gasteiger charge is 2.23. The fourth-order valence-electron chi connectivity index (χ4n) is 2.25. The Hall–Kier alpha value is -1.30. The van der Waals surface area contributed by atoms with E-state index in [-0.39, 0.29) is 24.4 Å². The van der Waals surface area contributed by atoms with Crippen LogP contribution in [0.2, 0.25) is 0 Å². The minimum absolute atomic E-state index is 0. The molecule has 0 aliphatic carbocycles. The van der Waals surface area contributed by atoms with Gasteiger partial charge in [-0.3, -0.25) is 4.79 Å². The summed E-state index contributed by atoms with van der Waals surface area (Å²) < 4.78 is 10.4. The van der Waals surface area contributed by atoms with E-state index in [0.717, 1.165) is 25.4 Å². The third-order valence-electron chi connectivity index (χ3n) is 3.42. The van der Waals surface area contributed by atoms with Crippen molar-refractivity contribution in [2.75, 3.05) is 40.0 Å². The highest BCUT2D eigenvalue weighted by atomic mass is 35.5. The summed E-state index contributed by atoms with van der Waals surface area (Å²) in [5, 5.41) is 3.28. The van der Waals surface area contributed by atoms with E-state index in [9.17, 15) is 4.79 Å². The van der Waals surface area contributed by atoms with Gasteiger partial charge in [0.05, 0.1) is 6.61 Å². The zero-order chi connectivity index (χ0) is 14.4. The van der Waals surface area contributed by atoms with Crippen molar-refractivity contribution in [1.29, 1.82) is 0 Å². The highest BCUT2D eigenvalue weighted by Crippen LogP contribution is 2.15. The lowest BCUT2D eigenvalue weighted by Gasteiger charge is -2.34. The van der Waals surface area contributed by atoms with Gasteiger partial charge in [-0.25, -0.2) is 0 Å². The number of amides is 1. The number of carbonyl (C=O) groups is 1. The minimum Gasteiger partial charge on any atom is -0.491 e. The van der Waals surface area contributed by atoms with Gasteiger partial charge >= 0.3 is 0 Å². The molecule has 0 bridgehead atoms. The summed E-state index contributed by atoms with van der Waals surface area (Å²) >= 11 is 0. The second kappa shape index (κ2) is 8.87. The Labute approximate surface area is 132 Å². The van der Waals surface area contributed by atoms with Crippen molar-refractivity contribution in [3.8, 4) is 5.75 Å². The van der Waals surface area contributed by atoms with Gasteiger partial charge in [0.2, 0.25) is 0 Å². The normalized spacial score (nSPS) is 18.0. The Kier molecular flexibility index (Phi) is 7.50. The molecule has 1 amide bonds. The van der Waals surface area contributed by atoms with Crippen molar-refractivity contribution in [3.05, 3.63) is 29.8 Å². The number of carbonyl (C=O) groups excluding carboxylic acids is 1. The van der Waals surface area contributed by atoms with Crippen LogP contribution in [0.5, 0.6) is 5.75 Å². The van der Waals surface area contributed by atoms with Gasteiger partial charge in [-0.05, 0) is 31.2 Å². The van der Waals surface area contributed by atoms with Crippen LogP contribution in [-0.4, -0.2) is 56.8 Å². The Balaban J connectivity index is 0.00000220. The number of piperazine rings is 1. The van der Waals surface area contributed by atoms with Gasteiger partial charge in [-0.15, -0.1) is 12.4 Å². The SMILES string of the molecule is COCCOc1ccc(C(=O)N2CCNC[C@@H]2C)cc1.Cl. The highest BCUT2D eigenvalue weighted by molar-refractivity contribution is 5.94. The summed E-state index contributed by atoms with van der Waals surface area (Å²) in [4.78, 5) is 14.3. The van der Waals surface area contributed by atoms with Crippen molar-refractivity contribution in [1.82, 2.24) is 10.2 Å². The Morgan fingerprint density at radius 3 is 2.67 bits per heavy atom. The van der Waals surface area contributed by atoms with Gasteiger partial charge in [0.1, 0.15) is 12.4 Å². The van der Waals surface area contributed by atoms with E-state index < -0.39 is 0 Å². The maximum Gasteiger partial charge on any atom is 0.254 e.